The molecule has 1 atom stereocenters. The number of fused-ring (bicyclic) bond motifs is 1. The summed E-state index contributed by atoms with van der Waals surface area (Å²) in [6.07, 6.45) is 6.09. The molecule has 0 fully saturated rings. The van der Waals surface area contributed by atoms with Crippen LogP contribution in [0, 0.1) is 6.92 Å². The number of thiocarbonyl (C=S) groups is 1. The van der Waals surface area contributed by atoms with E-state index in [1.54, 1.807) is 0 Å². The molecule has 2 aromatic rings. The maximum Gasteiger partial charge on any atom is 0.171 e. The van der Waals surface area contributed by atoms with Crippen LogP contribution in [0.3, 0.4) is 0 Å². The minimum absolute atomic E-state index is 0.252. The van der Waals surface area contributed by atoms with Crippen molar-refractivity contribution in [2.75, 3.05) is 5.32 Å². The highest BCUT2D eigenvalue weighted by atomic mass is 32.1. The third-order valence-electron chi connectivity index (χ3n) is 4.80. The van der Waals surface area contributed by atoms with Gasteiger partial charge in [-0.1, -0.05) is 42.8 Å². The second-order valence-electron chi connectivity index (χ2n) is 6.66. The smallest absolute Gasteiger partial charge is 0.171 e. The molecule has 0 unspecified atom stereocenters. The lowest BCUT2D eigenvalue weighted by Crippen LogP contribution is -2.32. The van der Waals surface area contributed by atoms with Crippen LogP contribution in [0.4, 0.5) is 5.69 Å². The predicted molar refractivity (Wildman–Crippen MR) is 107 cm³/mol. The summed E-state index contributed by atoms with van der Waals surface area (Å²) in [5, 5.41) is 7.44. The minimum Gasteiger partial charge on any atom is -0.356 e. The van der Waals surface area contributed by atoms with Gasteiger partial charge in [0.05, 0.1) is 6.04 Å². The van der Waals surface area contributed by atoms with Gasteiger partial charge in [0.25, 0.3) is 0 Å². The number of rotatable bonds is 4. The Morgan fingerprint density at radius 3 is 2.46 bits per heavy atom. The molecule has 0 heterocycles. The van der Waals surface area contributed by atoms with E-state index in [2.05, 4.69) is 66.9 Å². The molecule has 0 spiro atoms. The molecular formula is C21H26N2S. The van der Waals surface area contributed by atoms with Gasteiger partial charge in [0.2, 0.25) is 0 Å². The number of aryl methyl sites for hydroxylation is 3. The third-order valence-corrected chi connectivity index (χ3v) is 5.02. The van der Waals surface area contributed by atoms with Crippen molar-refractivity contribution >= 4 is 23.0 Å². The fourth-order valence-corrected chi connectivity index (χ4v) is 3.61. The third kappa shape index (κ3) is 4.15. The fraction of sp³-hybridized carbons (Fsp3) is 0.381. The van der Waals surface area contributed by atoms with Crippen molar-refractivity contribution in [3.63, 3.8) is 0 Å². The summed E-state index contributed by atoms with van der Waals surface area (Å²) in [5.41, 5.74) is 6.67. The first-order valence-corrected chi connectivity index (χ1v) is 9.32. The van der Waals surface area contributed by atoms with Gasteiger partial charge >= 0.3 is 0 Å². The molecule has 1 aliphatic carbocycles. The molecule has 3 heteroatoms. The van der Waals surface area contributed by atoms with Crippen molar-refractivity contribution < 1.29 is 0 Å². The van der Waals surface area contributed by atoms with Gasteiger partial charge in [0, 0.05) is 5.69 Å². The summed E-state index contributed by atoms with van der Waals surface area (Å²) in [5.74, 6) is 0. The zero-order chi connectivity index (χ0) is 16.9. The molecule has 0 bridgehead atoms. The maximum absolute atomic E-state index is 5.51. The van der Waals surface area contributed by atoms with Crippen LogP contribution in [0.1, 0.15) is 54.5 Å². The Labute approximate surface area is 150 Å². The van der Waals surface area contributed by atoms with Crippen LogP contribution in [-0.2, 0) is 12.8 Å². The van der Waals surface area contributed by atoms with Crippen molar-refractivity contribution in [2.24, 2.45) is 0 Å². The van der Waals surface area contributed by atoms with Gasteiger partial charge in [-0.25, -0.2) is 0 Å². The Hall–Kier alpha value is -1.87. The Balaban J connectivity index is 1.67. The summed E-state index contributed by atoms with van der Waals surface area (Å²) in [6.45, 7) is 4.29. The number of hydrogen-bond acceptors (Lipinski definition) is 1. The van der Waals surface area contributed by atoms with Gasteiger partial charge < -0.3 is 10.6 Å². The SMILES string of the molecule is CC[C@@H](NC(=S)Nc1ccc(C)cc1)c1ccc2c(c1)CCCC2. The Kier molecular flexibility index (Phi) is 5.52. The highest BCUT2D eigenvalue weighted by Crippen LogP contribution is 2.26. The monoisotopic (exact) mass is 338 g/mol. The molecule has 0 aliphatic heterocycles. The Morgan fingerprint density at radius 1 is 1.04 bits per heavy atom. The standard InChI is InChI=1S/C21H26N2S/c1-3-20(18-11-10-16-6-4-5-7-17(16)14-18)23-21(24)22-19-12-8-15(2)9-13-19/h8-14,20H,3-7H2,1-2H3,(H2,22,23,24)/t20-/m1/s1. The van der Waals surface area contributed by atoms with Crippen molar-refractivity contribution in [3.8, 4) is 0 Å². The topological polar surface area (TPSA) is 24.1 Å². The van der Waals surface area contributed by atoms with Crippen LogP contribution < -0.4 is 10.6 Å². The van der Waals surface area contributed by atoms with Gasteiger partial charge in [-0.2, -0.15) is 0 Å². The second-order valence-corrected chi connectivity index (χ2v) is 7.07. The first-order chi connectivity index (χ1) is 11.7. The normalized spacial score (nSPS) is 14.6. The van der Waals surface area contributed by atoms with E-state index in [-0.39, 0.29) is 6.04 Å². The first-order valence-electron chi connectivity index (χ1n) is 8.91. The molecule has 2 aromatic carbocycles. The maximum atomic E-state index is 5.51. The van der Waals surface area contributed by atoms with E-state index < -0.39 is 0 Å². The summed E-state index contributed by atoms with van der Waals surface area (Å²) >= 11 is 5.51. The van der Waals surface area contributed by atoms with E-state index in [1.165, 1.54) is 47.9 Å². The van der Waals surface area contributed by atoms with Crippen molar-refractivity contribution in [1.82, 2.24) is 5.32 Å². The van der Waals surface area contributed by atoms with E-state index in [0.717, 1.165) is 12.1 Å². The number of anilines is 1. The molecule has 0 radical (unpaired) electrons. The van der Waals surface area contributed by atoms with Gasteiger partial charge in [-0.05, 0) is 80.1 Å². The van der Waals surface area contributed by atoms with Gasteiger partial charge in [0.1, 0.15) is 0 Å². The quantitative estimate of drug-likeness (QED) is 0.739. The number of nitrogens with one attached hydrogen (secondary N) is 2. The average molecular weight is 339 g/mol. The molecule has 3 rings (SSSR count). The van der Waals surface area contributed by atoms with Gasteiger partial charge in [0.15, 0.2) is 5.11 Å². The van der Waals surface area contributed by atoms with Crippen molar-refractivity contribution in [1.29, 1.82) is 0 Å². The highest BCUT2D eigenvalue weighted by molar-refractivity contribution is 7.80. The number of hydrogen-bond donors (Lipinski definition) is 2. The second kappa shape index (κ2) is 7.80. The van der Waals surface area contributed by atoms with Crippen LogP contribution in [0.5, 0.6) is 0 Å². The summed E-state index contributed by atoms with van der Waals surface area (Å²) in [7, 11) is 0. The predicted octanol–water partition coefficient (Wildman–Crippen LogP) is 5.31. The van der Waals surface area contributed by atoms with Gasteiger partial charge in [-0.3, -0.25) is 0 Å². The lowest BCUT2D eigenvalue weighted by molar-refractivity contribution is 0.623. The largest absolute Gasteiger partial charge is 0.356 e. The summed E-state index contributed by atoms with van der Waals surface area (Å²) < 4.78 is 0. The van der Waals surface area contributed by atoms with E-state index in [0.29, 0.717) is 5.11 Å². The summed E-state index contributed by atoms with van der Waals surface area (Å²) in [4.78, 5) is 0. The molecule has 0 aromatic heterocycles. The van der Waals surface area contributed by atoms with Crippen LogP contribution in [0.25, 0.3) is 0 Å². The van der Waals surface area contributed by atoms with E-state index in [9.17, 15) is 0 Å². The van der Waals surface area contributed by atoms with Crippen molar-refractivity contribution in [2.45, 2.75) is 52.0 Å². The lowest BCUT2D eigenvalue weighted by atomic mass is 9.89. The van der Waals surface area contributed by atoms with Crippen molar-refractivity contribution in [3.05, 3.63) is 64.7 Å². The van der Waals surface area contributed by atoms with Crippen LogP contribution in [0.15, 0.2) is 42.5 Å². The average Bonchev–Trinajstić information content (AvgIpc) is 2.61. The van der Waals surface area contributed by atoms with E-state index in [1.807, 2.05) is 0 Å². The minimum atomic E-state index is 0.252. The summed E-state index contributed by atoms with van der Waals surface area (Å²) in [6, 6.07) is 15.5. The Bertz CT molecular complexity index is 706. The highest BCUT2D eigenvalue weighted by Gasteiger charge is 2.15. The molecule has 126 valence electrons. The van der Waals surface area contributed by atoms with E-state index >= 15 is 0 Å². The zero-order valence-electron chi connectivity index (χ0n) is 14.6. The lowest BCUT2D eigenvalue weighted by Gasteiger charge is -2.23. The fourth-order valence-electron chi connectivity index (χ4n) is 3.35. The van der Waals surface area contributed by atoms with Crippen LogP contribution >= 0.6 is 12.2 Å². The molecule has 2 nitrogen and oxygen atoms in total. The molecule has 1 aliphatic rings. The molecule has 0 saturated carbocycles. The van der Waals surface area contributed by atoms with E-state index in [4.69, 9.17) is 12.2 Å². The van der Waals surface area contributed by atoms with Crippen LogP contribution in [-0.4, -0.2) is 5.11 Å². The molecular weight excluding hydrogens is 312 g/mol. The molecule has 24 heavy (non-hydrogen) atoms. The van der Waals surface area contributed by atoms with Crippen LogP contribution in [0.2, 0.25) is 0 Å². The Morgan fingerprint density at radius 2 is 1.75 bits per heavy atom. The first kappa shape index (κ1) is 17.0. The number of benzene rings is 2. The molecule has 0 amide bonds. The van der Waals surface area contributed by atoms with Gasteiger partial charge in [-0.15, -0.1) is 0 Å². The zero-order valence-corrected chi connectivity index (χ0v) is 15.4. The molecule has 0 saturated heterocycles. The molecule has 2 N–H and O–H groups in total.